The minimum absolute atomic E-state index is 0.0596. The van der Waals surface area contributed by atoms with E-state index in [1.165, 1.54) is 4.68 Å². The van der Waals surface area contributed by atoms with Gasteiger partial charge in [0.2, 0.25) is 0 Å². The molecular weight excluding hydrogens is 275 g/mol. The van der Waals surface area contributed by atoms with Gasteiger partial charge in [0.15, 0.2) is 5.69 Å². The van der Waals surface area contributed by atoms with Gasteiger partial charge in [0.05, 0.1) is 10.2 Å². The molecule has 1 N–H and O–H groups in total. The third-order valence-corrected chi connectivity index (χ3v) is 3.11. The summed E-state index contributed by atoms with van der Waals surface area (Å²) in [5.41, 5.74) is -0.263. The number of halogens is 4. The fraction of sp³-hybridized carbons (Fsp3) is 0.625. The number of hydrogen-bond acceptors (Lipinski definition) is 2. The van der Waals surface area contributed by atoms with Crippen LogP contribution in [-0.2, 0) is 19.3 Å². The molecular formula is C8H9BrF3N3. The van der Waals surface area contributed by atoms with Crippen LogP contribution in [0, 0.1) is 0 Å². The average Bonchev–Trinajstić information content (AvgIpc) is 2.36. The lowest BCUT2D eigenvalue weighted by atomic mass is 10.3. The SMILES string of the molecule is FC(F)(F)c1nn2c(c1Br)CNCCC2. The zero-order valence-corrected chi connectivity index (χ0v) is 9.32. The predicted octanol–water partition coefficient (Wildman–Crippen LogP) is 2.16. The lowest BCUT2D eigenvalue weighted by Crippen LogP contribution is -2.13. The molecule has 1 aromatic heterocycles. The molecule has 15 heavy (non-hydrogen) atoms. The van der Waals surface area contributed by atoms with Crippen LogP contribution in [0.5, 0.6) is 0 Å². The Hall–Kier alpha value is -0.560. The molecule has 0 saturated carbocycles. The summed E-state index contributed by atoms with van der Waals surface area (Å²) < 4.78 is 39.0. The molecule has 0 atom stereocenters. The molecule has 0 unspecified atom stereocenters. The molecule has 3 nitrogen and oxygen atoms in total. The first-order valence-electron chi connectivity index (χ1n) is 4.53. The number of aryl methyl sites for hydroxylation is 1. The monoisotopic (exact) mass is 283 g/mol. The summed E-state index contributed by atoms with van der Waals surface area (Å²) in [4.78, 5) is 0. The van der Waals surface area contributed by atoms with Gasteiger partial charge in [-0.3, -0.25) is 4.68 Å². The predicted molar refractivity (Wildman–Crippen MR) is 51.3 cm³/mol. The van der Waals surface area contributed by atoms with Crippen molar-refractivity contribution < 1.29 is 13.2 Å². The molecule has 0 amide bonds. The van der Waals surface area contributed by atoms with E-state index in [-0.39, 0.29) is 4.47 Å². The number of alkyl halides is 3. The van der Waals surface area contributed by atoms with Gasteiger partial charge in [-0.25, -0.2) is 0 Å². The molecule has 0 aliphatic carbocycles. The van der Waals surface area contributed by atoms with Crippen LogP contribution in [0.1, 0.15) is 17.8 Å². The van der Waals surface area contributed by atoms with E-state index in [1.807, 2.05) is 0 Å². The Morgan fingerprint density at radius 3 is 2.80 bits per heavy atom. The maximum absolute atomic E-state index is 12.5. The minimum Gasteiger partial charge on any atom is -0.311 e. The number of rotatable bonds is 0. The summed E-state index contributed by atoms with van der Waals surface area (Å²) >= 11 is 2.96. The molecule has 0 bridgehead atoms. The van der Waals surface area contributed by atoms with Gasteiger partial charge >= 0.3 is 6.18 Å². The first-order valence-corrected chi connectivity index (χ1v) is 5.32. The third-order valence-electron chi connectivity index (χ3n) is 2.28. The summed E-state index contributed by atoms with van der Waals surface area (Å²) in [6, 6.07) is 0. The molecule has 2 heterocycles. The molecule has 0 aromatic carbocycles. The van der Waals surface area contributed by atoms with Gasteiger partial charge < -0.3 is 5.32 Å². The largest absolute Gasteiger partial charge is 0.436 e. The number of nitrogens with one attached hydrogen (secondary N) is 1. The standard InChI is InChI=1S/C8H9BrF3N3/c9-6-5-4-13-2-1-3-15(5)14-7(6)8(10,11)12/h13H,1-4H2. The summed E-state index contributed by atoms with van der Waals surface area (Å²) in [5.74, 6) is 0. The van der Waals surface area contributed by atoms with Crippen LogP contribution in [0.15, 0.2) is 4.47 Å². The Morgan fingerprint density at radius 2 is 2.13 bits per heavy atom. The van der Waals surface area contributed by atoms with Gasteiger partial charge in [0, 0.05) is 13.1 Å². The zero-order chi connectivity index (χ0) is 11.1. The average molecular weight is 284 g/mol. The quantitative estimate of drug-likeness (QED) is 0.791. The molecule has 84 valence electrons. The lowest BCUT2D eigenvalue weighted by molar-refractivity contribution is -0.142. The van der Waals surface area contributed by atoms with Crippen molar-refractivity contribution in [2.75, 3.05) is 6.54 Å². The third kappa shape index (κ3) is 2.03. The van der Waals surface area contributed by atoms with Crippen molar-refractivity contribution in [3.8, 4) is 0 Å². The number of nitrogens with zero attached hydrogens (tertiary/aromatic N) is 2. The van der Waals surface area contributed by atoms with Crippen molar-refractivity contribution in [3.05, 3.63) is 15.9 Å². The van der Waals surface area contributed by atoms with Crippen molar-refractivity contribution in [2.24, 2.45) is 0 Å². The van der Waals surface area contributed by atoms with E-state index in [2.05, 4.69) is 26.3 Å². The van der Waals surface area contributed by atoms with Gasteiger partial charge in [-0.1, -0.05) is 0 Å². The Balaban J connectivity index is 2.45. The summed E-state index contributed by atoms with van der Waals surface area (Å²) in [6.45, 7) is 1.75. The molecule has 2 rings (SSSR count). The molecule has 1 aliphatic heterocycles. The Bertz CT molecular complexity index is 372. The normalized spacial score (nSPS) is 17.3. The van der Waals surface area contributed by atoms with Crippen molar-refractivity contribution in [2.45, 2.75) is 25.7 Å². The first-order chi connectivity index (χ1) is 7.00. The highest BCUT2D eigenvalue weighted by Crippen LogP contribution is 2.36. The summed E-state index contributed by atoms with van der Waals surface area (Å²) in [6.07, 6.45) is -3.60. The van der Waals surface area contributed by atoms with Gasteiger partial charge in [-0.05, 0) is 28.9 Å². The topological polar surface area (TPSA) is 29.9 Å². The van der Waals surface area contributed by atoms with Crippen LogP contribution in [0.3, 0.4) is 0 Å². The van der Waals surface area contributed by atoms with Gasteiger partial charge in [0.1, 0.15) is 0 Å². The molecule has 1 aromatic rings. The number of hydrogen-bond donors (Lipinski definition) is 1. The fourth-order valence-electron chi connectivity index (χ4n) is 1.57. The molecule has 0 saturated heterocycles. The summed E-state index contributed by atoms with van der Waals surface area (Å²) in [7, 11) is 0. The Labute approximate surface area is 92.8 Å². The smallest absolute Gasteiger partial charge is 0.311 e. The molecule has 7 heteroatoms. The van der Waals surface area contributed by atoms with Crippen LogP contribution in [0.25, 0.3) is 0 Å². The van der Waals surface area contributed by atoms with Gasteiger partial charge in [-0.2, -0.15) is 18.3 Å². The zero-order valence-electron chi connectivity index (χ0n) is 7.73. The van der Waals surface area contributed by atoms with Crippen LogP contribution < -0.4 is 5.32 Å². The number of aromatic nitrogens is 2. The molecule has 0 radical (unpaired) electrons. The second-order valence-corrected chi connectivity index (χ2v) is 4.15. The maximum atomic E-state index is 12.5. The highest BCUT2D eigenvalue weighted by Gasteiger charge is 2.38. The number of fused-ring (bicyclic) bond motifs is 1. The Kier molecular flexibility index (Phi) is 2.76. The second-order valence-electron chi connectivity index (χ2n) is 3.36. The van der Waals surface area contributed by atoms with Gasteiger partial charge in [-0.15, -0.1) is 0 Å². The second kappa shape index (κ2) is 3.79. The van der Waals surface area contributed by atoms with E-state index in [0.29, 0.717) is 18.8 Å². The van der Waals surface area contributed by atoms with E-state index in [0.717, 1.165) is 13.0 Å². The van der Waals surface area contributed by atoms with Crippen molar-refractivity contribution in [1.29, 1.82) is 0 Å². The minimum atomic E-state index is -4.39. The van der Waals surface area contributed by atoms with Gasteiger partial charge in [0.25, 0.3) is 0 Å². The van der Waals surface area contributed by atoms with Crippen LogP contribution in [-0.4, -0.2) is 16.3 Å². The van der Waals surface area contributed by atoms with E-state index in [9.17, 15) is 13.2 Å². The fourth-order valence-corrected chi connectivity index (χ4v) is 2.22. The van der Waals surface area contributed by atoms with Crippen molar-refractivity contribution in [3.63, 3.8) is 0 Å². The highest BCUT2D eigenvalue weighted by molar-refractivity contribution is 9.10. The van der Waals surface area contributed by atoms with E-state index in [4.69, 9.17) is 0 Å². The Morgan fingerprint density at radius 1 is 1.40 bits per heavy atom. The van der Waals surface area contributed by atoms with Crippen LogP contribution in [0.2, 0.25) is 0 Å². The maximum Gasteiger partial charge on any atom is 0.436 e. The molecule has 0 fully saturated rings. The van der Waals surface area contributed by atoms with E-state index in [1.54, 1.807) is 0 Å². The van der Waals surface area contributed by atoms with E-state index < -0.39 is 11.9 Å². The molecule has 1 aliphatic rings. The highest BCUT2D eigenvalue weighted by atomic mass is 79.9. The summed E-state index contributed by atoms with van der Waals surface area (Å²) in [5, 5.41) is 6.64. The van der Waals surface area contributed by atoms with E-state index >= 15 is 0 Å². The molecule has 0 spiro atoms. The lowest BCUT2D eigenvalue weighted by Gasteiger charge is -2.02. The van der Waals surface area contributed by atoms with Crippen molar-refractivity contribution in [1.82, 2.24) is 15.1 Å². The van der Waals surface area contributed by atoms with Crippen LogP contribution >= 0.6 is 15.9 Å². The van der Waals surface area contributed by atoms with Crippen molar-refractivity contribution >= 4 is 15.9 Å². The first kappa shape index (κ1) is 10.9. The van der Waals surface area contributed by atoms with Crippen LogP contribution in [0.4, 0.5) is 13.2 Å².